The van der Waals surface area contributed by atoms with Gasteiger partial charge in [0, 0.05) is 17.7 Å². The molecular weight excluding hydrogens is 398 g/mol. The Kier molecular flexibility index (Phi) is 7.35. The Hall–Kier alpha value is -2.95. The molecule has 1 atom stereocenters. The predicted molar refractivity (Wildman–Crippen MR) is 126 cm³/mol. The SMILES string of the molecule is CCCCCCc1ccc(C(=O)N2CCCCC2c2nc(-c3cccc(C)c3)no2)cc1. The van der Waals surface area contributed by atoms with Crippen molar-refractivity contribution in [2.45, 2.75) is 71.3 Å². The molecule has 0 aliphatic carbocycles. The van der Waals surface area contributed by atoms with Crippen molar-refractivity contribution in [2.24, 2.45) is 0 Å². The molecule has 2 aromatic carbocycles. The maximum atomic E-state index is 13.4. The van der Waals surface area contributed by atoms with Crippen LogP contribution in [0.2, 0.25) is 0 Å². The normalized spacial score (nSPS) is 16.3. The Morgan fingerprint density at radius 3 is 2.72 bits per heavy atom. The van der Waals surface area contributed by atoms with Gasteiger partial charge < -0.3 is 9.42 Å². The number of piperidine rings is 1. The number of amides is 1. The first-order valence-corrected chi connectivity index (χ1v) is 12.0. The van der Waals surface area contributed by atoms with Gasteiger partial charge in [0.05, 0.1) is 0 Å². The van der Waals surface area contributed by atoms with Crippen molar-refractivity contribution >= 4 is 5.91 Å². The largest absolute Gasteiger partial charge is 0.337 e. The summed E-state index contributed by atoms with van der Waals surface area (Å²) in [5.41, 5.74) is 4.11. The van der Waals surface area contributed by atoms with Crippen LogP contribution in [-0.2, 0) is 6.42 Å². The van der Waals surface area contributed by atoms with Gasteiger partial charge in [0.1, 0.15) is 6.04 Å². The zero-order valence-electron chi connectivity index (χ0n) is 19.2. The van der Waals surface area contributed by atoms with Gasteiger partial charge in [-0.3, -0.25) is 4.79 Å². The third kappa shape index (κ3) is 5.26. The van der Waals surface area contributed by atoms with Crippen LogP contribution >= 0.6 is 0 Å². The number of nitrogens with zero attached hydrogens (tertiary/aromatic N) is 3. The second kappa shape index (κ2) is 10.6. The van der Waals surface area contributed by atoms with Crippen molar-refractivity contribution in [1.82, 2.24) is 15.0 Å². The fourth-order valence-corrected chi connectivity index (χ4v) is 4.44. The van der Waals surface area contributed by atoms with Crippen molar-refractivity contribution in [3.05, 3.63) is 71.1 Å². The number of hydrogen-bond donors (Lipinski definition) is 0. The number of carbonyl (C=O) groups excluding carboxylic acids is 1. The molecule has 2 heterocycles. The number of aromatic nitrogens is 2. The molecular formula is C27H33N3O2. The van der Waals surface area contributed by atoms with Gasteiger partial charge >= 0.3 is 0 Å². The molecule has 1 amide bonds. The molecule has 0 bridgehead atoms. The molecule has 0 saturated carbocycles. The summed E-state index contributed by atoms with van der Waals surface area (Å²) in [4.78, 5) is 19.9. The fourth-order valence-electron chi connectivity index (χ4n) is 4.44. The highest BCUT2D eigenvalue weighted by molar-refractivity contribution is 5.94. The van der Waals surface area contributed by atoms with E-state index in [1.54, 1.807) is 0 Å². The molecule has 1 fully saturated rings. The number of carbonyl (C=O) groups is 1. The lowest BCUT2D eigenvalue weighted by atomic mass is 9.99. The van der Waals surface area contributed by atoms with Crippen molar-refractivity contribution < 1.29 is 9.32 Å². The van der Waals surface area contributed by atoms with Crippen LogP contribution in [0.5, 0.6) is 0 Å². The molecule has 32 heavy (non-hydrogen) atoms. The van der Waals surface area contributed by atoms with Crippen molar-refractivity contribution in [3.63, 3.8) is 0 Å². The molecule has 168 valence electrons. The summed E-state index contributed by atoms with van der Waals surface area (Å²) < 4.78 is 5.64. The van der Waals surface area contributed by atoms with E-state index in [0.29, 0.717) is 18.3 Å². The van der Waals surface area contributed by atoms with Crippen LogP contribution < -0.4 is 0 Å². The highest BCUT2D eigenvalue weighted by atomic mass is 16.5. The molecule has 1 aliphatic rings. The summed E-state index contributed by atoms with van der Waals surface area (Å²) in [5, 5.41) is 4.20. The molecule has 0 radical (unpaired) electrons. The molecule has 1 unspecified atom stereocenters. The molecule has 1 saturated heterocycles. The van der Waals surface area contributed by atoms with E-state index >= 15 is 0 Å². The lowest BCUT2D eigenvalue weighted by Gasteiger charge is -2.33. The minimum Gasteiger partial charge on any atom is -0.337 e. The van der Waals surface area contributed by atoms with Crippen LogP contribution in [0.4, 0.5) is 0 Å². The molecule has 4 rings (SSSR count). The zero-order valence-corrected chi connectivity index (χ0v) is 19.2. The van der Waals surface area contributed by atoms with E-state index in [2.05, 4.69) is 29.2 Å². The minimum atomic E-state index is -0.170. The maximum absolute atomic E-state index is 13.4. The molecule has 5 nitrogen and oxygen atoms in total. The minimum absolute atomic E-state index is 0.0440. The Morgan fingerprint density at radius 1 is 1.09 bits per heavy atom. The predicted octanol–water partition coefficient (Wildman–Crippen LogP) is 6.54. The zero-order chi connectivity index (χ0) is 22.3. The molecule has 1 aliphatic heterocycles. The summed E-state index contributed by atoms with van der Waals surface area (Å²) in [6, 6.07) is 16.0. The van der Waals surface area contributed by atoms with E-state index in [1.807, 2.05) is 48.2 Å². The smallest absolute Gasteiger partial charge is 0.254 e. The molecule has 0 spiro atoms. The lowest BCUT2D eigenvalue weighted by Crippen LogP contribution is -2.38. The van der Waals surface area contributed by atoms with Crippen molar-refractivity contribution in [2.75, 3.05) is 6.54 Å². The van der Waals surface area contributed by atoms with Crippen molar-refractivity contribution in [1.29, 1.82) is 0 Å². The van der Waals surface area contributed by atoms with Crippen molar-refractivity contribution in [3.8, 4) is 11.4 Å². The third-order valence-corrected chi connectivity index (χ3v) is 6.29. The Morgan fingerprint density at radius 2 is 1.94 bits per heavy atom. The van der Waals surface area contributed by atoms with Gasteiger partial charge in [-0.05, 0) is 62.8 Å². The number of unbranched alkanes of at least 4 members (excludes halogenated alkanes) is 3. The first-order chi connectivity index (χ1) is 15.7. The van der Waals surface area contributed by atoms with E-state index < -0.39 is 0 Å². The van der Waals surface area contributed by atoms with Crippen LogP contribution in [0.15, 0.2) is 53.1 Å². The summed E-state index contributed by atoms with van der Waals surface area (Å²) in [7, 11) is 0. The number of likely N-dealkylation sites (tertiary alicyclic amines) is 1. The molecule has 5 heteroatoms. The average Bonchev–Trinajstić information content (AvgIpc) is 3.32. The van der Waals surface area contributed by atoms with E-state index in [4.69, 9.17) is 4.52 Å². The highest BCUT2D eigenvalue weighted by Gasteiger charge is 2.32. The van der Waals surface area contributed by atoms with Gasteiger partial charge in [0.2, 0.25) is 11.7 Å². The van der Waals surface area contributed by atoms with Crippen LogP contribution in [-0.4, -0.2) is 27.5 Å². The number of aryl methyl sites for hydroxylation is 2. The first-order valence-electron chi connectivity index (χ1n) is 12.0. The van der Waals surface area contributed by atoms with Gasteiger partial charge in [-0.15, -0.1) is 0 Å². The number of rotatable bonds is 8. The number of hydrogen-bond acceptors (Lipinski definition) is 4. The third-order valence-electron chi connectivity index (χ3n) is 6.29. The molecule has 0 N–H and O–H groups in total. The second-order valence-corrected chi connectivity index (χ2v) is 8.84. The maximum Gasteiger partial charge on any atom is 0.254 e. The monoisotopic (exact) mass is 431 g/mol. The van der Waals surface area contributed by atoms with E-state index in [9.17, 15) is 4.79 Å². The lowest BCUT2D eigenvalue weighted by molar-refractivity contribution is 0.0561. The van der Waals surface area contributed by atoms with E-state index in [-0.39, 0.29) is 11.9 Å². The second-order valence-electron chi connectivity index (χ2n) is 8.84. The van der Waals surface area contributed by atoms with Crippen LogP contribution in [0.3, 0.4) is 0 Å². The molecule has 1 aromatic heterocycles. The molecule has 3 aromatic rings. The van der Waals surface area contributed by atoms with Gasteiger partial charge in [-0.25, -0.2) is 0 Å². The Labute approximate surface area is 190 Å². The van der Waals surface area contributed by atoms with Gasteiger partial charge in [-0.1, -0.05) is 67.2 Å². The van der Waals surface area contributed by atoms with Gasteiger partial charge in [0.15, 0.2) is 0 Å². The van der Waals surface area contributed by atoms with Gasteiger partial charge in [0.25, 0.3) is 5.91 Å². The van der Waals surface area contributed by atoms with E-state index in [0.717, 1.165) is 42.4 Å². The van der Waals surface area contributed by atoms with Crippen LogP contribution in [0.1, 0.15) is 85.3 Å². The Bertz CT molecular complexity index is 1030. The van der Waals surface area contributed by atoms with Gasteiger partial charge in [-0.2, -0.15) is 4.98 Å². The average molecular weight is 432 g/mol. The quantitative estimate of drug-likeness (QED) is 0.380. The standard InChI is InChI=1S/C27H33N3O2/c1-3-4-5-6-11-21-14-16-22(17-15-21)27(31)30-18-8-7-13-24(30)26-28-25(29-32-26)23-12-9-10-20(2)19-23/h9-10,12,14-17,19,24H,3-8,11,13,18H2,1-2H3. The summed E-state index contributed by atoms with van der Waals surface area (Å²) in [6.07, 6.45) is 8.97. The summed E-state index contributed by atoms with van der Waals surface area (Å²) >= 11 is 0. The number of benzene rings is 2. The van der Waals surface area contributed by atoms with E-state index in [1.165, 1.54) is 31.2 Å². The summed E-state index contributed by atoms with van der Waals surface area (Å²) in [5.74, 6) is 1.15. The highest BCUT2D eigenvalue weighted by Crippen LogP contribution is 2.32. The van der Waals surface area contributed by atoms with Crippen LogP contribution in [0, 0.1) is 6.92 Å². The van der Waals surface area contributed by atoms with Crippen LogP contribution in [0.25, 0.3) is 11.4 Å². The summed E-state index contributed by atoms with van der Waals surface area (Å²) in [6.45, 7) is 4.99. The fraction of sp³-hybridized carbons (Fsp3) is 0.444. The topological polar surface area (TPSA) is 59.2 Å². The first kappa shape index (κ1) is 22.3. The Balaban J connectivity index is 1.47.